The number of rotatable bonds is 4. The van der Waals surface area contributed by atoms with E-state index in [9.17, 15) is 9.18 Å². The van der Waals surface area contributed by atoms with Gasteiger partial charge >= 0.3 is 0 Å². The molecular weight excluding hydrogens is 423 g/mol. The van der Waals surface area contributed by atoms with Crippen LogP contribution in [0.2, 0.25) is 0 Å². The lowest BCUT2D eigenvalue weighted by molar-refractivity contribution is 0.102. The zero-order valence-electron chi connectivity index (χ0n) is 17.9. The number of anilines is 3. The van der Waals surface area contributed by atoms with Crippen molar-refractivity contribution in [3.8, 4) is 5.69 Å². The molecule has 0 spiro atoms. The summed E-state index contributed by atoms with van der Waals surface area (Å²) < 4.78 is 15.6. The summed E-state index contributed by atoms with van der Waals surface area (Å²) in [5, 5.41) is 10.9. The Balaban J connectivity index is 1.43. The van der Waals surface area contributed by atoms with Crippen LogP contribution in [0.15, 0.2) is 54.7 Å². The highest BCUT2D eigenvalue weighted by Crippen LogP contribution is 2.28. The first kappa shape index (κ1) is 20.6. The van der Waals surface area contributed by atoms with E-state index in [0.717, 1.165) is 23.2 Å². The molecule has 4 aromatic rings. The van der Waals surface area contributed by atoms with Gasteiger partial charge in [0.25, 0.3) is 5.91 Å². The summed E-state index contributed by atoms with van der Waals surface area (Å²) in [6, 6.07) is 13.6. The summed E-state index contributed by atoms with van der Waals surface area (Å²) in [7, 11) is 0. The molecule has 0 unspecified atom stereocenters. The van der Waals surface area contributed by atoms with Crippen LogP contribution < -0.4 is 16.0 Å². The highest BCUT2D eigenvalue weighted by Gasteiger charge is 2.24. The topological polar surface area (TPSA) is 115 Å². The monoisotopic (exact) mass is 444 g/mol. The van der Waals surface area contributed by atoms with Gasteiger partial charge in [0.2, 0.25) is 5.95 Å². The van der Waals surface area contributed by atoms with Crippen LogP contribution >= 0.6 is 0 Å². The van der Waals surface area contributed by atoms with Gasteiger partial charge in [-0.1, -0.05) is 29.5 Å². The quantitative estimate of drug-likeness (QED) is 0.497. The Kier molecular flexibility index (Phi) is 5.17. The van der Waals surface area contributed by atoms with E-state index < -0.39 is 11.7 Å². The number of amides is 1. The molecule has 9 nitrogen and oxygen atoms in total. The molecule has 0 radical (unpaired) electrons. The number of aromatic nitrogens is 5. The minimum atomic E-state index is -0.515. The van der Waals surface area contributed by atoms with E-state index in [4.69, 9.17) is 5.73 Å². The summed E-state index contributed by atoms with van der Waals surface area (Å²) in [6.07, 6.45) is 2.38. The first-order chi connectivity index (χ1) is 16.0. The van der Waals surface area contributed by atoms with Crippen LogP contribution in [0.4, 0.5) is 21.8 Å². The maximum Gasteiger partial charge on any atom is 0.278 e. The smallest absolute Gasteiger partial charge is 0.278 e. The maximum atomic E-state index is 13.9. The lowest BCUT2D eigenvalue weighted by atomic mass is 9.98. The molecule has 10 heteroatoms. The third-order valence-corrected chi connectivity index (χ3v) is 5.65. The molecular formula is C23H21FN8O. The predicted octanol–water partition coefficient (Wildman–Crippen LogP) is 2.90. The van der Waals surface area contributed by atoms with E-state index in [0.29, 0.717) is 30.5 Å². The SMILES string of the molecule is Cc1c(C(=O)Nc2ccccc2F)nnn1-c1cccc2c1CCN(c1nccc(N)n1)C2. The normalized spacial score (nSPS) is 13.0. The van der Waals surface area contributed by atoms with E-state index in [2.05, 4.69) is 36.6 Å². The average molecular weight is 444 g/mol. The number of para-hydroxylation sites is 1. The Hall–Kier alpha value is -4.34. The Morgan fingerprint density at radius 2 is 2.00 bits per heavy atom. The molecule has 0 fully saturated rings. The van der Waals surface area contributed by atoms with Gasteiger partial charge in [0.05, 0.1) is 17.1 Å². The molecule has 5 rings (SSSR count). The molecule has 1 aliphatic rings. The molecule has 1 aliphatic heterocycles. The summed E-state index contributed by atoms with van der Waals surface area (Å²) in [5.41, 5.74) is 9.70. The van der Waals surface area contributed by atoms with Crippen LogP contribution in [0.25, 0.3) is 5.69 Å². The molecule has 3 N–H and O–H groups in total. The van der Waals surface area contributed by atoms with Crippen molar-refractivity contribution in [3.63, 3.8) is 0 Å². The molecule has 33 heavy (non-hydrogen) atoms. The minimum Gasteiger partial charge on any atom is -0.384 e. The second-order valence-electron chi connectivity index (χ2n) is 7.74. The van der Waals surface area contributed by atoms with Crippen LogP contribution in [0.5, 0.6) is 0 Å². The number of fused-ring (bicyclic) bond motifs is 1. The number of carbonyl (C=O) groups excluding carboxylic acids is 1. The first-order valence-corrected chi connectivity index (χ1v) is 10.4. The Bertz CT molecular complexity index is 1350. The third kappa shape index (κ3) is 3.86. The number of nitrogens with zero attached hydrogens (tertiary/aromatic N) is 6. The van der Waals surface area contributed by atoms with Crippen molar-refractivity contribution in [2.45, 2.75) is 19.9 Å². The van der Waals surface area contributed by atoms with Crippen LogP contribution in [-0.2, 0) is 13.0 Å². The number of hydrogen-bond acceptors (Lipinski definition) is 7. The van der Waals surface area contributed by atoms with Gasteiger partial charge < -0.3 is 16.0 Å². The van der Waals surface area contributed by atoms with Crippen molar-refractivity contribution >= 4 is 23.4 Å². The fourth-order valence-corrected chi connectivity index (χ4v) is 3.98. The van der Waals surface area contributed by atoms with Crippen molar-refractivity contribution < 1.29 is 9.18 Å². The van der Waals surface area contributed by atoms with Gasteiger partial charge in [0.1, 0.15) is 11.6 Å². The number of benzene rings is 2. The molecule has 2 aromatic carbocycles. The van der Waals surface area contributed by atoms with Gasteiger partial charge in [0, 0.05) is 19.3 Å². The van der Waals surface area contributed by atoms with E-state index in [1.54, 1.807) is 36.0 Å². The molecule has 0 saturated carbocycles. The molecule has 166 valence electrons. The van der Waals surface area contributed by atoms with Crippen molar-refractivity contribution in [1.82, 2.24) is 25.0 Å². The van der Waals surface area contributed by atoms with Gasteiger partial charge in [-0.15, -0.1) is 5.10 Å². The summed E-state index contributed by atoms with van der Waals surface area (Å²) in [6.45, 7) is 3.11. The number of halogens is 1. The highest BCUT2D eigenvalue weighted by molar-refractivity contribution is 6.03. The summed E-state index contributed by atoms with van der Waals surface area (Å²) in [5.74, 6) is -0.00515. The second kappa shape index (κ2) is 8.30. The molecule has 1 amide bonds. The second-order valence-corrected chi connectivity index (χ2v) is 7.74. The van der Waals surface area contributed by atoms with Crippen molar-refractivity contribution in [1.29, 1.82) is 0 Å². The van der Waals surface area contributed by atoms with Crippen molar-refractivity contribution in [2.24, 2.45) is 0 Å². The lowest BCUT2D eigenvalue weighted by Crippen LogP contribution is -2.32. The highest BCUT2D eigenvalue weighted by atomic mass is 19.1. The largest absolute Gasteiger partial charge is 0.384 e. The number of nitrogen functional groups attached to an aromatic ring is 1. The molecule has 3 heterocycles. The van der Waals surface area contributed by atoms with Gasteiger partial charge in [-0.05, 0) is 48.7 Å². The van der Waals surface area contributed by atoms with E-state index in [1.807, 2.05) is 12.1 Å². The number of hydrogen-bond donors (Lipinski definition) is 2. The van der Waals surface area contributed by atoms with Gasteiger partial charge in [-0.2, -0.15) is 4.98 Å². The number of nitrogens with two attached hydrogens (primary N) is 1. The molecule has 0 aliphatic carbocycles. The van der Waals surface area contributed by atoms with Gasteiger partial charge in [-0.25, -0.2) is 14.1 Å². The van der Waals surface area contributed by atoms with Crippen molar-refractivity contribution in [3.05, 3.63) is 83.1 Å². The van der Waals surface area contributed by atoms with Crippen LogP contribution in [0, 0.1) is 12.7 Å². The Morgan fingerprint density at radius 1 is 1.15 bits per heavy atom. The molecule has 0 bridgehead atoms. The average Bonchev–Trinajstić information content (AvgIpc) is 3.21. The Morgan fingerprint density at radius 3 is 2.82 bits per heavy atom. The standard InChI is InChI=1S/C23H21FN8O/c1-14-21(22(33)27-18-7-3-2-6-17(18)24)29-30-32(14)19-8-4-5-15-13-31(12-10-16(15)19)23-26-11-9-20(25)28-23/h2-9,11H,10,12-13H2,1H3,(H,27,33)(H2,25,26,28). The number of nitrogens with one attached hydrogen (secondary N) is 1. The van der Waals surface area contributed by atoms with E-state index in [1.165, 1.54) is 12.1 Å². The van der Waals surface area contributed by atoms with Gasteiger partial charge in [0.15, 0.2) is 5.69 Å². The van der Waals surface area contributed by atoms with E-state index in [-0.39, 0.29) is 11.4 Å². The molecule has 0 saturated heterocycles. The summed E-state index contributed by atoms with van der Waals surface area (Å²) >= 11 is 0. The maximum absolute atomic E-state index is 13.9. The predicted molar refractivity (Wildman–Crippen MR) is 122 cm³/mol. The van der Waals surface area contributed by atoms with Crippen LogP contribution in [0.1, 0.15) is 27.3 Å². The van der Waals surface area contributed by atoms with Crippen molar-refractivity contribution in [2.75, 3.05) is 22.5 Å². The first-order valence-electron chi connectivity index (χ1n) is 10.4. The fraction of sp³-hybridized carbons (Fsp3) is 0.174. The zero-order chi connectivity index (χ0) is 22.9. The van der Waals surface area contributed by atoms with Crippen LogP contribution in [0.3, 0.4) is 0 Å². The lowest BCUT2D eigenvalue weighted by Gasteiger charge is -2.30. The van der Waals surface area contributed by atoms with Crippen LogP contribution in [-0.4, -0.2) is 37.4 Å². The zero-order valence-corrected chi connectivity index (χ0v) is 17.9. The van der Waals surface area contributed by atoms with E-state index >= 15 is 0 Å². The fourth-order valence-electron chi connectivity index (χ4n) is 3.98. The number of carbonyl (C=O) groups is 1. The molecule has 0 atom stereocenters. The van der Waals surface area contributed by atoms with Gasteiger partial charge in [-0.3, -0.25) is 4.79 Å². The Labute approximate surface area is 189 Å². The third-order valence-electron chi connectivity index (χ3n) is 5.65. The summed E-state index contributed by atoms with van der Waals surface area (Å²) in [4.78, 5) is 23.4. The molecule has 2 aromatic heterocycles. The minimum absolute atomic E-state index is 0.0948.